The molecule has 0 saturated heterocycles. The number of carbonyl (C=O) groups is 1. The number of rotatable bonds is 3. The topological polar surface area (TPSA) is 56.8 Å². The Morgan fingerprint density at radius 2 is 1.93 bits per heavy atom. The smallest absolute Gasteiger partial charge is 0.287 e. The van der Waals surface area contributed by atoms with Crippen molar-refractivity contribution in [2.24, 2.45) is 0 Å². The molecule has 4 rings (SSSR count). The number of para-hydroxylation sites is 1. The maximum absolute atomic E-state index is 13.6. The zero-order chi connectivity index (χ0) is 20.1. The van der Waals surface area contributed by atoms with Gasteiger partial charge in [-0.25, -0.2) is 0 Å². The first-order valence-corrected chi connectivity index (χ1v) is 9.52. The average molecular weight is 383 g/mol. The van der Waals surface area contributed by atoms with Crippen molar-refractivity contribution in [2.45, 2.75) is 26.3 Å². The zero-order valence-electron chi connectivity index (χ0n) is 17.1. The van der Waals surface area contributed by atoms with E-state index < -0.39 is 6.04 Å². The summed E-state index contributed by atoms with van der Waals surface area (Å²) in [4.78, 5) is 13.6. The van der Waals surface area contributed by atoms with Crippen molar-refractivity contribution in [1.82, 2.24) is 0 Å². The number of aryl methyl sites for hydroxylation is 2. The molecule has 1 atom stereocenters. The van der Waals surface area contributed by atoms with E-state index in [9.17, 15) is 4.79 Å². The number of carbonyl (C=O) groups excluding carboxylic acids is 1. The lowest BCUT2D eigenvalue weighted by atomic mass is 9.88. The molecule has 0 radical (unpaired) electrons. The Morgan fingerprint density at radius 1 is 1.21 bits per heavy atom. The standard InChI is InChI=1S/C22H26N2O4/c1-13-7-6-8-14(2)18(13)23-22(25)19-17-15(9-10-24(19,3)4)11-16-20(21(17)26-5)28-12-27-16/h6-8,11,19H,9-10,12H2,1-5H3/p+1/t19-/m1/s1. The second kappa shape index (κ2) is 6.71. The minimum absolute atomic E-state index is 0.0412. The van der Waals surface area contributed by atoms with Crippen molar-refractivity contribution >= 4 is 11.6 Å². The van der Waals surface area contributed by atoms with Gasteiger partial charge in [0, 0.05) is 12.1 Å². The van der Waals surface area contributed by atoms with Gasteiger partial charge in [-0.3, -0.25) is 4.79 Å². The van der Waals surface area contributed by atoms with E-state index >= 15 is 0 Å². The number of nitrogens with one attached hydrogen (secondary N) is 1. The third kappa shape index (κ3) is 2.88. The maximum atomic E-state index is 13.6. The van der Waals surface area contributed by atoms with Crippen molar-refractivity contribution in [2.75, 3.05) is 39.9 Å². The summed E-state index contributed by atoms with van der Waals surface area (Å²) in [6.07, 6.45) is 0.850. The zero-order valence-corrected chi connectivity index (χ0v) is 17.1. The van der Waals surface area contributed by atoms with Gasteiger partial charge in [0.25, 0.3) is 5.91 Å². The summed E-state index contributed by atoms with van der Waals surface area (Å²) in [6, 6.07) is 7.61. The van der Waals surface area contributed by atoms with Crippen LogP contribution in [-0.4, -0.2) is 44.9 Å². The van der Waals surface area contributed by atoms with Crippen LogP contribution in [0, 0.1) is 13.8 Å². The van der Waals surface area contributed by atoms with Crippen molar-refractivity contribution in [3.63, 3.8) is 0 Å². The van der Waals surface area contributed by atoms with Crippen LogP contribution in [0.5, 0.6) is 17.2 Å². The van der Waals surface area contributed by atoms with Gasteiger partial charge in [0.2, 0.25) is 12.5 Å². The second-order valence-corrected chi connectivity index (χ2v) is 8.13. The van der Waals surface area contributed by atoms with Crippen LogP contribution in [0.15, 0.2) is 24.3 Å². The van der Waals surface area contributed by atoms with Gasteiger partial charge in [-0.1, -0.05) is 18.2 Å². The number of hydrogen-bond acceptors (Lipinski definition) is 4. The number of likely N-dealkylation sites (N-methyl/N-ethyl adjacent to an activating group) is 1. The van der Waals surface area contributed by atoms with Gasteiger partial charge in [0.15, 0.2) is 17.5 Å². The van der Waals surface area contributed by atoms with Crippen molar-refractivity contribution in [3.05, 3.63) is 46.5 Å². The molecular formula is C22H27N2O4+. The Morgan fingerprint density at radius 3 is 2.61 bits per heavy atom. The SMILES string of the molecule is COc1c2c(cc3c1[C@H](C(=O)Nc1c(C)cccc1C)[N+](C)(C)CC3)OCO2. The molecule has 2 aliphatic heterocycles. The molecule has 148 valence electrons. The van der Waals surface area contributed by atoms with E-state index in [2.05, 4.69) is 19.4 Å². The Hall–Kier alpha value is -2.73. The molecule has 28 heavy (non-hydrogen) atoms. The lowest BCUT2D eigenvalue weighted by Crippen LogP contribution is -2.52. The lowest BCUT2D eigenvalue weighted by Gasteiger charge is -2.42. The van der Waals surface area contributed by atoms with Crippen LogP contribution in [0.2, 0.25) is 0 Å². The number of benzene rings is 2. The summed E-state index contributed by atoms with van der Waals surface area (Å²) in [6.45, 7) is 5.04. The lowest BCUT2D eigenvalue weighted by molar-refractivity contribution is -0.913. The van der Waals surface area contributed by atoms with Gasteiger partial charge in [0.1, 0.15) is 0 Å². The molecule has 6 nitrogen and oxygen atoms in total. The Bertz CT molecular complexity index is 932. The summed E-state index contributed by atoms with van der Waals surface area (Å²) in [5.41, 5.74) is 4.95. The number of anilines is 1. The monoisotopic (exact) mass is 383 g/mol. The number of methoxy groups -OCH3 is 1. The van der Waals surface area contributed by atoms with Gasteiger partial charge in [0.05, 0.1) is 33.3 Å². The number of fused-ring (bicyclic) bond motifs is 2. The normalized spacial score (nSPS) is 19.1. The average Bonchev–Trinajstić information content (AvgIpc) is 3.10. The molecule has 2 aliphatic rings. The minimum atomic E-state index is -0.410. The molecule has 2 aromatic rings. The molecule has 2 heterocycles. The van der Waals surface area contributed by atoms with Crippen LogP contribution in [0.25, 0.3) is 0 Å². The molecule has 1 N–H and O–H groups in total. The first kappa shape index (κ1) is 18.6. The van der Waals surface area contributed by atoms with E-state index in [1.807, 2.05) is 38.1 Å². The first-order valence-electron chi connectivity index (χ1n) is 9.52. The summed E-state index contributed by atoms with van der Waals surface area (Å²) >= 11 is 0. The first-order chi connectivity index (χ1) is 13.3. The fourth-order valence-electron chi connectivity index (χ4n) is 4.33. The van der Waals surface area contributed by atoms with Gasteiger partial charge >= 0.3 is 0 Å². The van der Waals surface area contributed by atoms with Gasteiger partial charge in [-0.2, -0.15) is 0 Å². The fraction of sp³-hybridized carbons (Fsp3) is 0.409. The van der Waals surface area contributed by atoms with Crippen molar-refractivity contribution in [1.29, 1.82) is 0 Å². The number of quaternary nitrogens is 1. The maximum Gasteiger partial charge on any atom is 0.287 e. The van der Waals surface area contributed by atoms with E-state index in [-0.39, 0.29) is 12.7 Å². The third-order valence-corrected chi connectivity index (χ3v) is 5.86. The molecule has 0 aromatic heterocycles. The highest BCUT2D eigenvalue weighted by molar-refractivity contribution is 5.97. The number of hydrogen-bond donors (Lipinski definition) is 1. The Labute approximate surface area is 165 Å². The van der Waals surface area contributed by atoms with Crippen LogP contribution < -0.4 is 19.5 Å². The van der Waals surface area contributed by atoms with E-state index in [0.29, 0.717) is 21.7 Å². The third-order valence-electron chi connectivity index (χ3n) is 5.86. The molecule has 0 bridgehead atoms. The van der Waals surface area contributed by atoms with E-state index in [1.54, 1.807) is 7.11 Å². The van der Waals surface area contributed by atoms with E-state index in [4.69, 9.17) is 14.2 Å². The van der Waals surface area contributed by atoms with E-state index in [0.717, 1.165) is 40.9 Å². The molecule has 0 unspecified atom stereocenters. The van der Waals surface area contributed by atoms with E-state index in [1.165, 1.54) is 0 Å². The van der Waals surface area contributed by atoms with Crippen LogP contribution in [-0.2, 0) is 11.2 Å². The van der Waals surface area contributed by atoms with Crippen molar-refractivity contribution in [3.8, 4) is 17.2 Å². The molecule has 0 saturated carbocycles. The van der Waals surface area contributed by atoms with Gasteiger partial charge < -0.3 is 24.0 Å². The van der Waals surface area contributed by atoms with Crippen LogP contribution in [0.1, 0.15) is 28.3 Å². The van der Waals surface area contributed by atoms with Gasteiger partial charge in [-0.15, -0.1) is 0 Å². The van der Waals surface area contributed by atoms with Crippen LogP contribution in [0.3, 0.4) is 0 Å². The highest BCUT2D eigenvalue weighted by atomic mass is 16.7. The summed E-state index contributed by atoms with van der Waals surface area (Å²) < 4.78 is 17.5. The highest BCUT2D eigenvalue weighted by Gasteiger charge is 2.45. The number of nitrogens with zero attached hydrogens (tertiary/aromatic N) is 1. The Balaban J connectivity index is 1.82. The second-order valence-electron chi connectivity index (χ2n) is 8.13. The minimum Gasteiger partial charge on any atom is -0.492 e. The predicted octanol–water partition coefficient (Wildman–Crippen LogP) is 3.35. The van der Waals surface area contributed by atoms with Crippen LogP contribution >= 0.6 is 0 Å². The van der Waals surface area contributed by atoms with Crippen molar-refractivity contribution < 1.29 is 23.5 Å². The molecule has 0 aliphatic carbocycles. The number of ether oxygens (including phenoxy) is 3. The quantitative estimate of drug-likeness (QED) is 0.826. The molecular weight excluding hydrogens is 356 g/mol. The molecule has 0 fully saturated rings. The number of amides is 1. The largest absolute Gasteiger partial charge is 0.492 e. The van der Waals surface area contributed by atoms with Crippen LogP contribution in [0.4, 0.5) is 5.69 Å². The summed E-state index contributed by atoms with van der Waals surface area (Å²) in [5.74, 6) is 1.85. The molecule has 0 spiro atoms. The highest BCUT2D eigenvalue weighted by Crippen LogP contribution is 2.50. The predicted molar refractivity (Wildman–Crippen MR) is 107 cm³/mol. The molecule has 2 aromatic carbocycles. The molecule has 1 amide bonds. The Kier molecular flexibility index (Phi) is 4.46. The summed E-state index contributed by atoms with van der Waals surface area (Å²) in [5, 5.41) is 3.18. The van der Waals surface area contributed by atoms with Gasteiger partial charge in [-0.05, 0) is 36.6 Å². The summed E-state index contributed by atoms with van der Waals surface area (Å²) in [7, 11) is 5.79. The fourth-order valence-corrected chi connectivity index (χ4v) is 4.33. The molecule has 6 heteroatoms.